The van der Waals surface area contributed by atoms with Gasteiger partial charge in [0, 0.05) is 11.1 Å². The van der Waals surface area contributed by atoms with E-state index >= 15 is 0 Å². The van der Waals surface area contributed by atoms with Crippen LogP contribution in [0.25, 0.3) is 0 Å². The second kappa shape index (κ2) is 9.53. The number of thiophene rings is 1. The molecule has 158 valence electrons. The van der Waals surface area contributed by atoms with Gasteiger partial charge in [0.15, 0.2) is 0 Å². The number of hydrogen-bond donors (Lipinski definition) is 1. The van der Waals surface area contributed by atoms with Crippen molar-refractivity contribution in [3.8, 4) is 5.88 Å². The third-order valence-electron chi connectivity index (χ3n) is 4.52. The summed E-state index contributed by atoms with van der Waals surface area (Å²) in [4.78, 5) is 13.8. The highest BCUT2D eigenvalue weighted by Gasteiger charge is 2.18. The molecular formula is C23H19F2N3O2S. The summed E-state index contributed by atoms with van der Waals surface area (Å²) in [6.07, 6.45) is 1.60. The third-order valence-corrected chi connectivity index (χ3v) is 5.40. The van der Waals surface area contributed by atoms with Gasteiger partial charge in [-0.05, 0) is 46.8 Å². The minimum Gasteiger partial charge on any atom is -0.471 e. The summed E-state index contributed by atoms with van der Waals surface area (Å²) in [5.74, 6) is -0.787. The van der Waals surface area contributed by atoms with Crippen LogP contribution in [0, 0.1) is 11.6 Å². The molecule has 0 spiro atoms. The van der Waals surface area contributed by atoms with Crippen LogP contribution in [0.1, 0.15) is 26.4 Å². The zero-order chi connectivity index (χ0) is 21.6. The first-order valence-electron chi connectivity index (χ1n) is 9.56. The standard InChI is InChI=1S/C23H19F2N3O2S/c24-18-7-3-16(4-8-18)13-28-14-21(22(29)26-12-20-2-1-11-31-20)23(27-28)30-15-17-5-9-19(25)10-6-17/h1-11,14H,12-13,15H2,(H,26,29). The molecular weight excluding hydrogens is 420 g/mol. The van der Waals surface area contributed by atoms with E-state index in [4.69, 9.17) is 4.74 Å². The molecule has 0 saturated carbocycles. The normalized spacial score (nSPS) is 10.8. The Morgan fingerprint density at radius 1 is 1.00 bits per heavy atom. The van der Waals surface area contributed by atoms with Crippen molar-refractivity contribution in [1.82, 2.24) is 15.1 Å². The van der Waals surface area contributed by atoms with Crippen molar-refractivity contribution in [2.24, 2.45) is 0 Å². The van der Waals surface area contributed by atoms with E-state index in [1.165, 1.54) is 24.3 Å². The molecule has 5 nitrogen and oxygen atoms in total. The zero-order valence-corrected chi connectivity index (χ0v) is 17.2. The van der Waals surface area contributed by atoms with Gasteiger partial charge in [0.1, 0.15) is 23.8 Å². The molecule has 0 aliphatic carbocycles. The van der Waals surface area contributed by atoms with Gasteiger partial charge >= 0.3 is 0 Å². The molecule has 1 N–H and O–H groups in total. The Labute approximate surface area is 181 Å². The fraction of sp³-hybridized carbons (Fsp3) is 0.130. The van der Waals surface area contributed by atoms with Crippen molar-refractivity contribution in [2.45, 2.75) is 19.7 Å². The number of benzene rings is 2. The van der Waals surface area contributed by atoms with E-state index < -0.39 is 0 Å². The van der Waals surface area contributed by atoms with Crippen LogP contribution in [-0.2, 0) is 19.7 Å². The van der Waals surface area contributed by atoms with E-state index in [1.807, 2.05) is 17.5 Å². The zero-order valence-electron chi connectivity index (χ0n) is 16.4. The lowest BCUT2D eigenvalue weighted by molar-refractivity contribution is 0.0946. The number of rotatable bonds is 8. The van der Waals surface area contributed by atoms with Gasteiger partial charge in [0.05, 0.1) is 13.1 Å². The fourth-order valence-electron chi connectivity index (χ4n) is 2.93. The number of nitrogens with zero attached hydrogens (tertiary/aromatic N) is 2. The molecule has 0 unspecified atom stereocenters. The van der Waals surface area contributed by atoms with Crippen molar-refractivity contribution >= 4 is 17.2 Å². The first-order chi connectivity index (χ1) is 15.1. The monoisotopic (exact) mass is 439 g/mol. The number of nitrogens with one attached hydrogen (secondary N) is 1. The van der Waals surface area contributed by atoms with Gasteiger partial charge in [-0.3, -0.25) is 9.48 Å². The predicted molar refractivity (Wildman–Crippen MR) is 114 cm³/mol. The average molecular weight is 439 g/mol. The summed E-state index contributed by atoms with van der Waals surface area (Å²) in [7, 11) is 0. The lowest BCUT2D eigenvalue weighted by atomic mass is 10.2. The highest BCUT2D eigenvalue weighted by Crippen LogP contribution is 2.20. The number of carbonyl (C=O) groups is 1. The van der Waals surface area contributed by atoms with Gasteiger partial charge in [0.25, 0.3) is 5.91 Å². The van der Waals surface area contributed by atoms with Crippen LogP contribution in [0.15, 0.2) is 72.2 Å². The van der Waals surface area contributed by atoms with Crippen LogP contribution >= 0.6 is 11.3 Å². The Balaban J connectivity index is 1.52. The van der Waals surface area contributed by atoms with Gasteiger partial charge in [0.2, 0.25) is 5.88 Å². The average Bonchev–Trinajstić information content (AvgIpc) is 3.43. The highest BCUT2D eigenvalue weighted by molar-refractivity contribution is 7.09. The molecule has 0 fully saturated rings. The van der Waals surface area contributed by atoms with E-state index in [-0.39, 0.29) is 30.0 Å². The number of hydrogen-bond acceptors (Lipinski definition) is 4. The number of ether oxygens (including phenoxy) is 1. The quantitative estimate of drug-likeness (QED) is 0.430. The fourth-order valence-corrected chi connectivity index (χ4v) is 3.58. The van der Waals surface area contributed by atoms with E-state index in [0.29, 0.717) is 18.7 Å². The Bertz CT molecular complexity index is 1140. The Morgan fingerprint density at radius 2 is 1.68 bits per heavy atom. The topological polar surface area (TPSA) is 56.2 Å². The first kappa shape index (κ1) is 20.7. The molecule has 4 aromatic rings. The van der Waals surface area contributed by atoms with E-state index in [9.17, 15) is 13.6 Å². The smallest absolute Gasteiger partial charge is 0.258 e. The summed E-state index contributed by atoms with van der Waals surface area (Å²) in [5.41, 5.74) is 1.87. The Kier molecular flexibility index (Phi) is 6.37. The van der Waals surface area contributed by atoms with Crippen molar-refractivity contribution in [3.63, 3.8) is 0 Å². The van der Waals surface area contributed by atoms with Crippen molar-refractivity contribution in [2.75, 3.05) is 0 Å². The van der Waals surface area contributed by atoms with Gasteiger partial charge in [-0.2, -0.15) is 0 Å². The second-order valence-electron chi connectivity index (χ2n) is 6.85. The summed E-state index contributed by atoms with van der Waals surface area (Å²) >= 11 is 1.55. The molecule has 1 amide bonds. The maximum Gasteiger partial charge on any atom is 0.258 e. The highest BCUT2D eigenvalue weighted by atomic mass is 32.1. The lowest BCUT2D eigenvalue weighted by Crippen LogP contribution is -2.22. The molecule has 2 aromatic heterocycles. The Hall–Kier alpha value is -3.52. The minimum absolute atomic E-state index is 0.138. The van der Waals surface area contributed by atoms with Gasteiger partial charge in [-0.15, -0.1) is 16.4 Å². The van der Waals surface area contributed by atoms with Crippen LogP contribution < -0.4 is 10.1 Å². The van der Waals surface area contributed by atoms with Crippen LogP contribution in [0.2, 0.25) is 0 Å². The minimum atomic E-state index is -0.332. The van der Waals surface area contributed by atoms with Crippen molar-refractivity contribution in [3.05, 3.63) is 105 Å². The van der Waals surface area contributed by atoms with Crippen LogP contribution in [0.3, 0.4) is 0 Å². The van der Waals surface area contributed by atoms with Gasteiger partial charge in [-0.25, -0.2) is 8.78 Å². The largest absolute Gasteiger partial charge is 0.471 e. The molecule has 0 radical (unpaired) electrons. The first-order valence-corrected chi connectivity index (χ1v) is 10.4. The molecule has 0 aliphatic heterocycles. The molecule has 0 bridgehead atoms. The lowest BCUT2D eigenvalue weighted by Gasteiger charge is -2.06. The summed E-state index contributed by atoms with van der Waals surface area (Å²) < 4.78 is 33.7. The van der Waals surface area contributed by atoms with E-state index in [1.54, 1.807) is 46.5 Å². The molecule has 0 aliphatic rings. The van der Waals surface area contributed by atoms with Gasteiger partial charge < -0.3 is 10.1 Å². The number of aromatic nitrogens is 2. The molecule has 2 heterocycles. The van der Waals surface area contributed by atoms with E-state index in [0.717, 1.165) is 16.0 Å². The SMILES string of the molecule is O=C(NCc1cccs1)c1cn(Cc2ccc(F)cc2)nc1OCc1ccc(F)cc1. The maximum atomic E-state index is 13.2. The number of halogens is 2. The van der Waals surface area contributed by atoms with Gasteiger partial charge in [-0.1, -0.05) is 30.3 Å². The van der Waals surface area contributed by atoms with Crippen LogP contribution in [0.4, 0.5) is 8.78 Å². The molecule has 0 atom stereocenters. The third kappa shape index (κ3) is 5.55. The summed E-state index contributed by atoms with van der Waals surface area (Å²) in [5, 5.41) is 9.21. The van der Waals surface area contributed by atoms with Crippen LogP contribution in [-0.4, -0.2) is 15.7 Å². The molecule has 8 heteroatoms. The van der Waals surface area contributed by atoms with E-state index in [2.05, 4.69) is 10.4 Å². The number of amides is 1. The maximum absolute atomic E-state index is 13.2. The van der Waals surface area contributed by atoms with Crippen LogP contribution in [0.5, 0.6) is 5.88 Å². The van der Waals surface area contributed by atoms with Crippen molar-refractivity contribution < 1.29 is 18.3 Å². The predicted octanol–water partition coefficient (Wildman–Crippen LogP) is 4.78. The van der Waals surface area contributed by atoms with Crippen molar-refractivity contribution in [1.29, 1.82) is 0 Å². The summed E-state index contributed by atoms with van der Waals surface area (Å²) in [6.45, 7) is 0.890. The second-order valence-corrected chi connectivity index (χ2v) is 7.88. The Morgan fingerprint density at radius 3 is 2.32 bits per heavy atom. The summed E-state index contributed by atoms with van der Waals surface area (Å²) in [6, 6.07) is 15.8. The number of carbonyl (C=O) groups excluding carboxylic acids is 1. The molecule has 2 aromatic carbocycles. The molecule has 4 rings (SSSR count). The molecule has 0 saturated heterocycles. The molecule has 31 heavy (non-hydrogen) atoms.